The number of carbonyl (C=O) groups is 1. The van der Waals surface area contributed by atoms with E-state index < -0.39 is 5.60 Å². The number of rotatable bonds is 3. The third kappa shape index (κ3) is 4.60. The third-order valence-electron chi connectivity index (χ3n) is 2.85. The lowest BCUT2D eigenvalue weighted by Gasteiger charge is -2.26. The van der Waals surface area contributed by atoms with E-state index in [9.17, 15) is 4.79 Å². The van der Waals surface area contributed by atoms with Gasteiger partial charge in [-0.05, 0) is 32.9 Å². The van der Waals surface area contributed by atoms with Crippen LogP contribution in [0.1, 0.15) is 35.3 Å². The van der Waals surface area contributed by atoms with E-state index in [1.54, 1.807) is 0 Å². The fourth-order valence-corrected chi connectivity index (χ4v) is 2.92. The molecule has 5 heteroatoms. The monoisotopic (exact) mass is 282 g/mol. The molecule has 0 amide bonds. The fraction of sp³-hybridized carbons (Fsp3) is 0.643. The number of piperazine rings is 1. The van der Waals surface area contributed by atoms with Gasteiger partial charge in [-0.3, -0.25) is 4.90 Å². The lowest BCUT2D eigenvalue weighted by atomic mass is 10.2. The smallest absolute Gasteiger partial charge is 0.348 e. The second-order valence-corrected chi connectivity index (χ2v) is 6.96. The van der Waals surface area contributed by atoms with Crippen molar-refractivity contribution < 1.29 is 9.53 Å². The lowest BCUT2D eigenvalue weighted by Crippen LogP contribution is -2.42. The molecular formula is C14H22N2O2S. The molecule has 0 unspecified atom stereocenters. The van der Waals surface area contributed by atoms with E-state index in [-0.39, 0.29) is 5.97 Å². The van der Waals surface area contributed by atoms with Crippen LogP contribution < -0.4 is 5.32 Å². The Hall–Kier alpha value is -0.910. The summed E-state index contributed by atoms with van der Waals surface area (Å²) in [4.78, 5) is 16.3. The molecule has 0 aliphatic carbocycles. The zero-order valence-electron chi connectivity index (χ0n) is 11.9. The maximum Gasteiger partial charge on any atom is 0.348 e. The molecule has 0 radical (unpaired) electrons. The molecule has 0 atom stereocenters. The number of thiophene rings is 1. The Morgan fingerprint density at radius 3 is 2.68 bits per heavy atom. The highest BCUT2D eigenvalue weighted by Crippen LogP contribution is 2.21. The highest BCUT2D eigenvalue weighted by atomic mass is 32.1. The molecule has 106 valence electrons. The average Bonchev–Trinajstić information content (AvgIpc) is 2.77. The van der Waals surface area contributed by atoms with Crippen LogP contribution in [0.5, 0.6) is 0 Å². The van der Waals surface area contributed by atoms with E-state index in [1.165, 1.54) is 16.2 Å². The summed E-state index contributed by atoms with van der Waals surface area (Å²) in [6.45, 7) is 10.8. The van der Waals surface area contributed by atoms with Crippen molar-refractivity contribution in [2.24, 2.45) is 0 Å². The quantitative estimate of drug-likeness (QED) is 0.862. The number of nitrogens with one attached hydrogen (secondary N) is 1. The summed E-state index contributed by atoms with van der Waals surface area (Å²) < 4.78 is 5.37. The third-order valence-corrected chi connectivity index (χ3v) is 3.90. The molecule has 1 aliphatic rings. The Kier molecular flexibility index (Phi) is 4.60. The zero-order valence-corrected chi connectivity index (χ0v) is 12.7. The molecule has 0 saturated carbocycles. The van der Waals surface area contributed by atoms with Crippen LogP contribution in [0, 0.1) is 0 Å². The molecule has 1 aromatic heterocycles. The largest absolute Gasteiger partial charge is 0.456 e. The first-order chi connectivity index (χ1) is 8.94. The number of hydrogen-bond acceptors (Lipinski definition) is 5. The second kappa shape index (κ2) is 6.03. The molecule has 2 heterocycles. The van der Waals surface area contributed by atoms with Gasteiger partial charge in [0.2, 0.25) is 0 Å². The van der Waals surface area contributed by atoms with Crippen LogP contribution in [-0.4, -0.2) is 42.6 Å². The van der Waals surface area contributed by atoms with Crippen molar-refractivity contribution >= 4 is 17.3 Å². The van der Waals surface area contributed by atoms with Gasteiger partial charge in [0.15, 0.2) is 0 Å². The Balaban J connectivity index is 1.92. The lowest BCUT2D eigenvalue weighted by molar-refractivity contribution is 0.00752. The summed E-state index contributed by atoms with van der Waals surface area (Å²) in [5.41, 5.74) is -0.431. The van der Waals surface area contributed by atoms with Crippen molar-refractivity contribution in [2.75, 3.05) is 26.2 Å². The van der Waals surface area contributed by atoms with Crippen molar-refractivity contribution in [3.8, 4) is 0 Å². The fourth-order valence-electron chi connectivity index (χ4n) is 1.99. The van der Waals surface area contributed by atoms with Crippen LogP contribution >= 0.6 is 11.3 Å². The molecule has 2 rings (SSSR count). The van der Waals surface area contributed by atoms with Crippen molar-refractivity contribution in [3.63, 3.8) is 0 Å². The van der Waals surface area contributed by atoms with Crippen molar-refractivity contribution in [2.45, 2.75) is 32.9 Å². The molecule has 0 bridgehead atoms. The van der Waals surface area contributed by atoms with Gasteiger partial charge in [0, 0.05) is 37.6 Å². The standard InChI is InChI=1S/C14H22N2O2S/c1-14(2,3)18-13(17)12-5-4-11(19-12)10-16-8-6-15-7-9-16/h4-5,15H,6-10H2,1-3H3. The van der Waals surface area contributed by atoms with Gasteiger partial charge < -0.3 is 10.1 Å². The summed E-state index contributed by atoms with van der Waals surface area (Å²) in [6, 6.07) is 3.90. The number of hydrogen-bond donors (Lipinski definition) is 1. The minimum absolute atomic E-state index is 0.218. The maximum absolute atomic E-state index is 11.9. The molecule has 1 aromatic rings. The highest BCUT2D eigenvalue weighted by Gasteiger charge is 2.20. The van der Waals surface area contributed by atoms with Crippen LogP contribution in [0.3, 0.4) is 0 Å². The van der Waals surface area contributed by atoms with E-state index in [0.717, 1.165) is 32.7 Å². The van der Waals surface area contributed by atoms with E-state index in [1.807, 2.05) is 32.9 Å². The zero-order chi connectivity index (χ0) is 13.9. The Bertz CT molecular complexity index is 431. The van der Waals surface area contributed by atoms with E-state index in [0.29, 0.717) is 4.88 Å². The number of ether oxygens (including phenoxy) is 1. The van der Waals surface area contributed by atoms with Gasteiger partial charge >= 0.3 is 5.97 Å². The summed E-state index contributed by atoms with van der Waals surface area (Å²) >= 11 is 1.54. The molecule has 0 spiro atoms. The van der Waals surface area contributed by atoms with Gasteiger partial charge in [0.25, 0.3) is 0 Å². The summed E-state index contributed by atoms with van der Waals surface area (Å²) in [5, 5.41) is 3.34. The van der Waals surface area contributed by atoms with Gasteiger partial charge in [-0.2, -0.15) is 0 Å². The SMILES string of the molecule is CC(C)(C)OC(=O)c1ccc(CN2CCNCC2)s1. The van der Waals surface area contributed by atoms with Crippen LogP contribution in [0.4, 0.5) is 0 Å². The van der Waals surface area contributed by atoms with Crippen LogP contribution in [0.25, 0.3) is 0 Å². The van der Waals surface area contributed by atoms with E-state index in [2.05, 4.69) is 10.2 Å². The minimum Gasteiger partial charge on any atom is -0.456 e. The minimum atomic E-state index is -0.431. The molecule has 0 aromatic carbocycles. The van der Waals surface area contributed by atoms with Crippen LogP contribution in [0.15, 0.2) is 12.1 Å². The molecule has 4 nitrogen and oxygen atoms in total. The van der Waals surface area contributed by atoms with Gasteiger partial charge in [-0.15, -0.1) is 11.3 Å². The molecule has 1 aliphatic heterocycles. The van der Waals surface area contributed by atoms with Crippen LogP contribution in [-0.2, 0) is 11.3 Å². The predicted molar refractivity (Wildman–Crippen MR) is 77.6 cm³/mol. The predicted octanol–water partition coefficient (Wildman–Crippen LogP) is 2.11. The molecule has 1 N–H and O–H groups in total. The average molecular weight is 282 g/mol. The number of nitrogens with zero attached hydrogens (tertiary/aromatic N) is 1. The van der Waals surface area contributed by atoms with Gasteiger partial charge in [0.05, 0.1) is 0 Å². The van der Waals surface area contributed by atoms with Crippen molar-refractivity contribution in [1.29, 1.82) is 0 Å². The first-order valence-electron chi connectivity index (χ1n) is 6.69. The van der Waals surface area contributed by atoms with Crippen molar-refractivity contribution in [1.82, 2.24) is 10.2 Å². The molecular weight excluding hydrogens is 260 g/mol. The van der Waals surface area contributed by atoms with Crippen LogP contribution in [0.2, 0.25) is 0 Å². The Morgan fingerprint density at radius 2 is 2.05 bits per heavy atom. The van der Waals surface area contributed by atoms with Gasteiger partial charge in [-0.1, -0.05) is 0 Å². The molecule has 19 heavy (non-hydrogen) atoms. The first kappa shape index (κ1) is 14.5. The number of esters is 1. The Labute approximate surface area is 118 Å². The van der Waals surface area contributed by atoms with Crippen molar-refractivity contribution in [3.05, 3.63) is 21.9 Å². The summed E-state index contributed by atoms with van der Waals surface area (Å²) in [5.74, 6) is -0.218. The summed E-state index contributed by atoms with van der Waals surface area (Å²) in [7, 11) is 0. The van der Waals surface area contributed by atoms with Gasteiger partial charge in [0.1, 0.15) is 10.5 Å². The van der Waals surface area contributed by atoms with E-state index in [4.69, 9.17) is 4.74 Å². The summed E-state index contributed by atoms with van der Waals surface area (Å²) in [6.07, 6.45) is 0. The second-order valence-electron chi connectivity index (χ2n) is 5.79. The maximum atomic E-state index is 11.9. The van der Waals surface area contributed by atoms with Gasteiger partial charge in [-0.25, -0.2) is 4.79 Å². The van der Waals surface area contributed by atoms with E-state index >= 15 is 0 Å². The molecule has 1 fully saturated rings. The first-order valence-corrected chi connectivity index (χ1v) is 7.51. The number of carbonyl (C=O) groups excluding carboxylic acids is 1. The Morgan fingerprint density at radius 1 is 1.37 bits per heavy atom. The molecule has 1 saturated heterocycles. The highest BCUT2D eigenvalue weighted by molar-refractivity contribution is 7.13. The topological polar surface area (TPSA) is 41.6 Å². The normalized spacial score (nSPS) is 17.4.